The Morgan fingerprint density at radius 2 is 2.00 bits per heavy atom. The molecule has 0 radical (unpaired) electrons. The van der Waals surface area contributed by atoms with Gasteiger partial charge in [-0.1, -0.05) is 6.92 Å². The first-order valence-electron chi connectivity index (χ1n) is 5.98. The maximum atomic E-state index is 11.6. The molecular weight excluding hydrogens is 210 g/mol. The van der Waals surface area contributed by atoms with Gasteiger partial charge >= 0.3 is 0 Å². The molecule has 1 N–H and O–H groups in total. The maximum absolute atomic E-state index is 11.6. The summed E-state index contributed by atoms with van der Waals surface area (Å²) in [6, 6.07) is 0. The Bertz CT molecular complexity index is 313. The van der Waals surface area contributed by atoms with Crippen molar-refractivity contribution in [2.24, 2.45) is 17.8 Å². The lowest BCUT2D eigenvalue weighted by Gasteiger charge is -2.35. The van der Waals surface area contributed by atoms with Crippen molar-refractivity contribution >= 4 is 9.84 Å². The first-order chi connectivity index (χ1) is 7.07. The smallest absolute Gasteiger partial charge is 0.150 e. The van der Waals surface area contributed by atoms with Gasteiger partial charge in [0.2, 0.25) is 0 Å². The molecule has 3 atom stereocenters. The van der Waals surface area contributed by atoms with Crippen molar-refractivity contribution in [1.29, 1.82) is 0 Å². The second-order valence-corrected chi connectivity index (χ2v) is 7.50. The highest BCUT2D eigenvalue weighted by Crippen LogP contribution is 2.30. The average Bonchev–Trinajstić information content (AvgIpc) is 2.16. The molecule has 0 aromatic heterocycles. The second-order valence-electron chi connectivity index (χ2n) is 5.28. The topological polar surface area (TPSA) is 46.2 Å². The molecule has 0 aromatic rings. The van der Waals surface area contributed by atoms with Crippen LogP contribution in [-0.4, -0.2) is 33.0 Å². The van der Waals surface area contributed by atoms with E-state index >= 15 is 0 Å². The molecule has 15 heavy (non-hydrogen) atoms. The normalized spacial score (nSPS) is 41.3. The Hall–Kier alpha value is -0.0900. The Morgan fingerprint density at radius 1 is 1.20 bits per heavy atom. The quantitative estimate of drug-likeness (QED) is 0.734. The lowest BCUT2D eigenvalue weighted by Crippen LogP contribution is -2.41. The van der Waals surface area contributed by atoms with Crippen LogP contribution in [0.25, 0.3) is 0 Å². The average molecular weight is 231 g/mol. The van der Waals surface area contributed by atoms with Gasteiger partial charge in [-0.05, 0) is 50.1 Å². The van der Waals surface area contributed by atoms with E-state index in [1.54, 1.807) is 0 Å². The Balaban J connectivity index is 1.97. The third kappa shape index (κ3) is 2.94. The molecule has 3 nitrogen and oxygen atoms in total. The molecular formula is C11H21NO2S. The SMILES string of the molecule is CC1CNCC(C2CCCS(=O)(=O)C2)C1. The van der Waals surface area contributed by atoms with Gasteiger partial charge in [-0.15, -0.1) is 0 Å². The molecule has 0 aromatic carbocycles. The lowest BCUT2D eigenvalue weighted by molar-refractivity contribution is 0.221. The van der Waals surface area contributed by atoms with Gasteiger partial charge < -0.3 is 5.32 Å². The third-order valence-corrected chi connectivity index (χ3v) is 5.62. The summed E-state index contributed by atoms with van der Waals surface area (Å²) in [6.07, 6.45) is 3.18. The van der Waals surface area contributed by atoms with Crippen molar-refractivity contribution in [3.63, 3.8) is 0 Å². The van der Waals surface area contributed by atoms with E-state index < -0.39 is 9.84 Å². The standard InChI is InChI=1S/C11H21NO2S/c1-9-5-11(7-12-6-9)10-3-2-4-15(13,14)8-10/h9-12H,2-8H2,1H3. The van der Waals surface area contributed by atoms with Gasteiger partial charge in [0, 0.05) is 0 Å². The summed E-state index contributed by atoms with van der Waals surface area (Å²) in [5.74, 6) is 2.56. The van der Waals surface area contributed by atoms with E-state index in [0.717, 1.165) is 25.9 Å². The molecule has 0 bridgehead atoms. The molecule has 2 heterocycles. The van der Waals surface area contributed by atoms with Crippen molar-refractivity contribution in [2.45, 2.75) is 26.2 Å². The lowest BCUT2D eigenvalue weighted by atomic mass is 9.81. The van der Waals surface area contributed by atoms with Gasteiger partial charge in [0.05, 0.1) is 11.5 Å². The van der Waals surface area contributed by atoms with Crippen LogP contribution in [0.15, 0.2) is 0 Å². The van der Waals surface area contributed by atoms with Gasteiger partial charge in [0.25, 0.3) is 0 Å². The summed E-state index contributed by atoms with van der Waals surface area (Å²) < 4.78 is 23.1. The van der Waals surface area contributed by atoms with Gasteiger partial charge in [-0.3, -0.25) is 0 Å². The van der Waals surface area contributed by atoms with E-state index in [2.05, 4.69) is 12.2 Å². The molecule has 2 fully saturated rings. The molecule has 0 spiro atoms. The zero-order valence-electron chi connectivity index (χ0n) is 9.41. The molecule has 2 aliphatic rings. The molecule has 2 saturated heterocycles. The van der Waals surface area contributed by atoms with Crippen molar-refractivity contribution in [3.05, 3.63) is 0 Å². The highest BCUT2D eigenvalue weighted by molar-refractivity contribution is 7.91. The highest BCUT2D eigenvalue weighted by Gasteiger charge is 2.32. The summed E-state index contributed by atoms with van der Waals surface area (Å²) in [5, 5.41) is 3.41. The Morgan fingerprint density at radius 3 is 2.67 bits per heavy atom. The Labute approximate surface area is 92.6 Å². The molecule has 0 saturated carbocycles. The second kappa shape index (κ2) is 4.42. The Kier molecular flexibility index (Phi) is 3.36. The van der Waals surface area contributed by atoms with Crippen LogP contribution >= 0.6 is 0 Å². The summed E-state index contributed by atoms with van der Waals surface area (Å²) >= 11 is 0. The van der Waals surface area contributed by atoms with Crippen molar-refractivity contribution < 1.29 is 8.42 Å². The fraction of sp³-hybridized carbons (Fsp3) is 1.00. The predicted octanol–water partition coefficient (Wildman–Crippen LogP) is 1.06. The maximum Gasteiger partial charge on any atom is 0.150 e. The van der Waals surface area contributed by atoms with Gasteiger partial charge in [-0.2, -0.15) is 0 Å². The number of hydrogen-bond donors (Lipinski definition) is 1. The van der Waals surface area contributed by atoms with Crippen LogP contribution in [0, 0.1) is 17.8 Å². The van der Waals surface area contributed by atoms with Gasteiger partial charge in [0.15, 0.2) is 9.84 Å². The molecule has 88 valence electrons. The van der Waals surface area contributed by atoms with E-state index in [4.69, 9.17) is 0 Å². The molecule has 0 aliphatic carbocycles. The van der Waals surface area contributed by atoms with Crippen molar-refractivity contribution in [2.75, 3.05) is 24.6 Å². The zero-order chi connectivity index (χ0) is 10.9. The number of rotatable bonds is 1. The van der Waals surface area contributed by atoms with Crippen molar-refractivity contribution in [1.82, 2.24) is 5.32 Å². The molecule has 0 amide bonds. The van der Waals surface area contributed by atoms with Gasteiger partial charge in [-0.25, -0.2) is 8.42 Å². The summed E-state index contributed by atoms with van der Waals surface area (Å²) in [4.78, 5) is 0. The van der Waals surface area contributed by atoms with Crippen LogP contribution in [-0.2, 0) is 9.84 Å². The van der Waals surface area contributed by atoms with E-state index in [9.17, 15) is 8.42 Å². The van der Waals surface area contributed by atoms with Crippen LogP contribution in [0.4, 0.5) is 0 Å². The fourth-order valence-electron chi connectivity index (χ4n) is 2.99. The number of nitrogens with one attached hydrogen (secondary N) is 1. The minimum absolute atomic E-state index is 0.416. The molecule has 2 rings (SSSR count). The first-order valence-corrected chi connectivity index (χ1v) is 7.80. The first kappa shape index (κ1) is 11.4. The van der Waals surface area contributed by atoms with Crippen molar-refractivity contribution in [3.8, 4) is 0 Å². The summed E-state index contributed by atoms with van der Waals surface area (Å²) in [6.45, 7) is 4.36. The van der Waals surface area contributed by atoms with Gasteiger partial charge in [0.1, 0.15) is 0 Å². The van der Waals surface area contributed by atoms with E-state index in [1.165, 1.54) is 6.42 Å². The summed E-state index contributed by atoms with van der Waals surface area (Å²) in [5.41, 5.74) is 0. The number of piperidine rings is 1. The molecule has 3 unspecified atom stereocenters. The molecule has 4 heteroatoms. The third-order valence-electron chi connectivity index (χ3n) is 3.77. The minimum Gasteiger partial charge on any atom is -0.316 e. The zero-order valence-corrected chi connectivity index (χ0v) is 10.2. The number of hydrogen-bond acceptors (Lipinski definition) is 3. The van der Waals surface area contributed by atoms with E-state index in [1.807, 2.05) is 0 Å². The fourth-order valence-corrected chi connectivity index (χ4v) is 4.85. The van der Waals surface area contributed by atoms with Crippen LogP contribution in [0.1, 0.15) is 26.2 Å². The minimum atomic E-state index is -2.73. The van der Waals surface area contributed by atoms with Crippen LogP contribution in [0.3, 0.4) is 0 Å². The predicted molar refractivity (Wildman–Crippen MR) is 61.5 cm³/mol. The molecule has 2 aliphatic heterocycles. The summed E-state index contributed by atoms with van der Waals surface area (Å²) in [7, 11) is -2.73. The highest BCUT2D eigenvalue weighted by atomic mass is 32.2. The van der Waals surface area contributed by atoms with E-state index in [0.29, 0.717) is 29.3 Å². The van der Waals surface area contributed by atoms with Crippen LogP contribution < -0.4 is 5.32 Å². The van der Waals surface area contributed by atoms with E-state index in [-0.39, 0.29) is 0 Å². The largest absolute Gasteiger partial charge is 0.316 e. The number of sulfone groups is 1. The van der Waals surface area contributed by atoms with Crippen LogP contribution in [0.5, 0.6) is 0 Å². The monoisotopic (exact) mass is 231 g/mol. The van der Waals surface area contributed by atoms with Crippen LogP contribution in [0.2, 0.25) is 0 Å².